The molecule has 0 aliphatic carbocycles. The maximum atomic E-state index is 8.63. The highest BCUT2D eigenvalue weighted by Gasteiger charge is 2.05. The lowest BCUT2D eigenvalue weighted by Gasteiger charge is -2.09. The number of hydrogen-bond acceptors (Lipinski definition) is 3. The summed E-state index contributed by atoms with van der Waals surface area (Å²) in [5, 5.41) is 12.3. The summed E-state index contributed by atoms with van der Waals surface area (Å²) < 4.78 is 10.8. The van der Waals surface area contributed by atoms with Crippen molar-refractivity contribution in [3.63, 3.8) is 0 Å². The fourth-order valence-electron chi connectivity index (χ4n) is 1.25. The van der Waals surface area contributed by atoms with Crippen LogP contribution in [0, 0.1) is 0 Å². The van der Waals surface area contributed by atoms with Gasteiger partial charge in [0.1, 0.15) is 5.75 Å². The maximum Gasteiger partial charge on any atom is 0.115 e. The van der Waals surface area contributed by atoms with Crippen molar-refractivity contribution in [3.8, 4) is 5.75 Å². The maximum absolute atomic E-state index is 8.63. The molecular formula is C18H26Br8O3. The zero-order valence-corrected chi connectivity index (χ0v) is 28.3. The SMILES string of the molecule is BrCC(Br)COC[C@H](Br)CBr.BrCC(Br)COC[C@H](Br)CBr.Oc1ccccc1. The van der Waals surface area contributed by atoms with Crippen molar-refractivity contribution < 1.29 is 14.6 Å². The van der Waals surface area contributed by atoms with Gasteiger partial charge in [0.05, 0.1) is 26.4 Å². The van der Waals surface area contributed by atoms with E-state index in [-0.39, 0.29) is 0 Å². The lowest BCUT2D eigenvalue weighted by Crippen LogP contribution is -2.16. The second kappa shape index (κ2) is 25.4. The second-order valence-corrected chi connectivity index (χ2v) is 13.2. The fourth-order valence-corrected chi connectivity index (χ4v) is 2.75. The zero-order chi connectivity index (χ0) is 22.5. The normalized spacial score (nSPS) is 14.5. The quantitative estimate of drug-likeness (QED) is 0.216. The van der Waals surface area contributed by atoms with E-state index in [1.54, 1.807) is 24.3 Å². The van der Waals surface area contributed by atoms with Crippen LogP contribution in [0.25, 0.3) is 0 Å². The standard InChI is InChI=1S/2C6H10Br4O.C6H6O/c2*7-1-5(9)3-11-4-6(10)2-8;7-6-4-2-1-3-5-6/h2*5-6H,1-4H2;1-5,7H/t2*5-,6?;/m11./s1. The van der Waals surface area contributed by atoms with Gasteiger partial charge in [-0.2, -0.15) is 0 Å². The molecule has 29 heavy (non-hydrogen) atoms. The molecule has 2 unspecified atom stereocenters. The summed E-state index contributed by atoms with van der Waals surface area (Å²) in [5.41, 5.74) is 0. The molecule has 1 rings (SSSR count). The van der Waals surface area contributed by atoms with Crippen molar-refractivity contribution in [2.45, 2.75) is 19.3 Å². The highest BCUT2D eigenvalue weighted by atomic mass is 79.9. The number of rotatable bonds is 12. The number of phenols is 1. The summed E-state index contributed by atoms with van der Waals surface area (Å²) >= 11 is 27.2. The van der Waals surface area contributed by atoms with Gasteiger partial charge in [-0.05, 0) is 12.1 Å². The van der Waals surface area contributed by atoms with Gasteiger partial charge in [0, 0.05) is 40.6 Å². The smallest absolute Gasteiger partial charge is 0.115 e. The average Bonchev–Trinajstić information content (AvgIpc) is 2.74. The number of phenolic OH excluding ortho intramolecular Hbond substituents is 1. The summed E-state index contributed by atoms with van der Waals surface area (Å²) in [5.74, 6) is 0.322. The van der Waals surface area contributed by atoms with E-state index in [1.807, 2.05) is 6.07 Å². The van der Waals surface area contributed by atoms with Gasteiger partial charge in [-0.15, -0.1) is 0 Å². The number of benzene rings is 1. The Morgan fingerprint density at radius 1 is 0.586 bits per heavy atom. The molecule has 1 aromatic carbocycles. The van der Waals surface area contributed by atoms with Crippen molar-refractivity contribution in [3.05, 3.63) is 30.3 Å². The summed E-state index contributed by atoms with van der Waals surface area (Å²) in [7, 11) is 0. The third kappa shape index (κ3) is 26.9. The number of hydrogen-bond donors (Lipinski definition) is 1. The molecular weight excluding hydrogens is 903 g/mol. The van der Waals surface area contributed by atoms with Crippen LogP contribution in [0.15, 0.2) is 30.3 Å². The van der Waals surface area contributed by atoms with Gasteiger partial charge in [0.2, 0.25) is 0 Å². The van der Waals surface area contributed by atoms with Gasteiger partial charge in [0.25, 0.3) is 0 Å². The van der Waals surface area contributed by atoms with E-state index in [4.69, 9.17) is 14.6 Å². The topological polar surface area (TPSA) is 38.7 Å². The van der Waals surface area contributed by atoms with Crippen LogP contribution in [0.3, 0.4) is 0 Å². The van der Waals surface area contributed by atoms with E-state index >= 15 is 0 Å². The van der Waals surface area contributed by atoms with Crippen molar-refractivity contribution >= 4 is 127 Å². The van der Waals surface area contributed by atoms with Crippen LogP contribution in [0.5, 0.6) is 5.75 Å². The first-order valence-electron chi connectivity index (χ1n) is 8.50. The Bertz CT molecular complexity index is 402. The van der Waals surface area contributed by atoms with Crippen molar-refractivity contribution in [2.24, 2.45) is 0 Å². The Morgan fingerprint density at radius 2 is 0.862 bits per heavy atom. The predicted octanol–water partition coefficient (Wildman–Crippen LogP) is 8.03. The Morgan fingerprint density at radius 3 is 1.03 bits per heavy atom. The van der Waals surface area contributed by atoms with E-state index in [2.05, 4.69) is 127 Å². The van der Waals surface area contributed by atoms with Crippen molar-refractivity contribution in [1.82, 2.24) is 0 Å². The Labute approximate surface area is 242 Å². The summed E-state index contributed by atoms with van der Waals surface area (Å²) in [6.45, 7) is 3.00. The average molecular weight is 930 g/mol. The Hall–Kier alpha value is 2.78. The molecule has 0 bridgehead atoms. The van der Waals surface area contributed by atoms with E-state index in [0.717, 1.165) is 47.7 Å². The molecule has 1 aromatic rings. The minimum Gasteiger partial charge on any atom is -0.508 e. The van der Waals surface area contributed by atoms with E-state index in [9.17, 15) is 0 Å². The lowest BCUT2D eigenvalue weighted by atomic mass is 10.3. The van der Waals surface area contributed by atoms with Gasteiger partial charge in [-0.1, -0.05) is 146 Å². The number of halogens is 8. The number of para-hydroxylation sites is 1. The van der Waals surface area contributed by atoms with Crippen LogP contribution >= 0.6 is 127 Å². The van der Waals surface area contributed by atoms with E-state index in [0.29, 0.717) is 25.1 Å². The van der Waals surface area contributed by atoms with Crippen molar-refractivity contribution in [2.75, 3.05) is 47.7 Å². The molecule has 1 N–H and O–H groups in total. The molecule has 4 atom stereocenters. The first-order valence-corrected chi connectivity index (χ1v) is 16.6. The van der Waals surface area contributed by atoms with Crippen LogP contribution < -0.4 is 0 Å². The highest BCUT2D eigenvalue weighted by Crippen LogP contribution is 2.08. The molecule has 3 nitrogen and oxygen atoms in total. The van der Waals surface area contributed by atoms with Crippen LogP contribution in [0.4, 0.5) is 0 Å². The van der Waals surface area contributed by atoms with Gasteiger partial charge >= 0.3 is 0 Å². The third-order valence-electron chi connectivity index (χ3n) is 2.62. The van der Waals surface area contributed by atoms with Crippen molar-refractivity contribution in [1.29, 1.82) is 0 Å². The molecule has 0 aliphatic heterocycles. The van der Waals surface area contributed by atoms with Crippen LogP contribution in [-0.2, 0) is 9.47 Å². The minimum absolute atomic E-state index is 0.322. The number of aromatic hydroxyl groups is 1. The molecule has 0 fully saturated rings. The van der Waals surface area contributed by atoms with Gasteiger partial charge < -0.3 is 14.6 Å². The Kier molecular flexibility index (Phi) is 29.7. The van der Waals surface area contributed by atoms with Gasteiger partial charge in [-0.25, -0.2) is 0 Å². The highest BCUT2D eigenvalue weighted by molar-refractivity contribution is 9.13. The molecule has 0 saturated carbocycles. The molecule has 0 spiro atoms. The molecule has 0 radical (unpaired) electrons. The predicted molar refractivity (Wildman–Crippen MR) is 156 cm³/mol. The molecule has 0 heterocycles. The monoisotopic (exact) mass is 922 g/mol. The van der Waals surface area contributed by atoms with Gasteiger partial charge in [-0.3, -0.25) is 0 Å². The van der Waals surface area contributed by atoms with E-state index in [1.165, 1.54) is 0 Å². The molecule has 0 aliphatic rings. The van der Waals surface area contributed by atoms with Crippen LogP contribution in [-0.4, -0.2) is 72.2 Å². The zero-order valence-electron chi connectivity index (χ0n) is 15.6. The molecule has 11 heteroatoms. The first-order chi connectivity index (χ1) is 13.8. The largest absolute Gasteiger partial charge is 0.508 e. The summed E-state index contributed by atoms with van der Waals surface area (Å²) in [6, 6.07) is 8.71. The molecule has 0 aromatic heterocycles. The molecule has 0 amide bonds. The number of alkyl halides is 8. The third-order valence-corrected chi connectivity index (χ3v) is 11.6. The fraction of sp³-hybridized carbons (Fsp3) is 0.667. The summed E-state index contributed by atoms with van der Waals surface area (Å²) in [4.78, 5) is 1.66. The van der Waals surface area contributed by atoms with E-state index < -0.39 is 0 Å². The number of ether oxygens (including phenoxy) is 2. The first kappa shape index (κ1) is 34.0. The second-order valence-electron chi connectivity index (χ2n) is 5.42. The van der Waals surface area contributed by atoms with Crippen LogP contribution in [0.1, 0.15) is 0 Å². The van der Waals surface area contributed by atoms with Crippen LogP contribution in [0.2, 0.25) is 0 Å². The minimum atomic E-state index is 0.322. The lowest BCUT2D eigenvalue weighted by molar-refractivity contribution is 0.145. The van der Waals surface area contributed by atoms with Gasteiger partial charge in [0.15, 0.2) is 0 Å². The molecule has 172 valence electrons. The Balaban J connectivity index is 0. The summed E-state index contributed by atoms with van der Waals surface area (Å²) in [6.07, 6.45) is 0. The molecule has 0 saturated heterocycles.